The third kappa shape index (κ3) is 5.58. The summed E-state index contributed by atoms with van der Waals surface area (Å²) in [6.45, 7) is 6.43. The quantitative estimate of drug-likeness (QED) is 0.146. The molecule has 0 heterocycles. The first-order chi connectivity index (χ1) is 22.1. The Hall–Kier alpha value is -5.27. The van der Waals surface area contributed by atoms with Crippen molar-refractivity contribution >= 4 is 48.8 Å². The van der Waals surface area contributed by atoms with Crippen LogP contribution in [0.25, 0.3) is 54.2 Å². The molecule has 0 saturated carbocycles. The average Bonchev–Trinajstić information content (AvgIpc) is 3.10. The molecule has 0 aromatic heterocycles. The zero-order chi connectivity index (χ0) is 30.8. The Morgan fingerprint density at radius 2 is 1.18 bits per heavy atom. The van der Waals surface area contributed by atoms with E-state index >= 15 is 0 Å². The molecule has 0 bridgehead atoms. The van der Waals surface area contributed by atoms with Crippen molar-refractivity contribution in [2.45, 2.75) is 33.6 Å². The second-order valence-electron chi connectivity index (χ2n) is 12.0. The van der Waals surface area contributed by atoms with Crippen molar-refractivity contribution in [1.82, 2.24) is 0 Å². The van der Waals surface area contributed by atoms with Crippen LogP contribution in [0.3, 0.4) is 0 Å². The molecule has 1 nitrogen and oxygen atoms in total. The first-order valence-electron chi connectivity index (χ1n) is 15.9. The Morgan fingerprint density at radius 3 is 1.93 bits per heavy atom. The van der Waals surface area contributed by atoms with Gasteiger partial charge in [-0.05, 0) is 117 Å². The first-order valence-corrected chi connectivity index (χ1v) is 15.9. The highest BCUT2D eigenvalue weighted by atomic mass is 14.8. The van der Waals surface area contributed by atoms with Crippen LogP contribution in [-0.2, 0) is 0 Å². The number of allylic oxidation sites excluding steroid dienone is 3. The minimum absolute atomic E-state index is 1.08. The zero-order valence-electron chi connectivity index (χ0n) is 26.2. The monoisotopic (exact) mass is 579 g/mol. The van der Waals surface area contributed by atoms with E-state index in [1.807, 2.05) is 18.2 Å². The summed E-state index contributed by atoms with van der Waals surface area (Å²) in [6.07, 6.45) is 6.61. The third-order valence-corrected chi connectivity index (χ3v) is 9.06. The van der Waals surface area contributed by atoms with Gasteiger partial charge in [0.2, 0.25) is 0 Å². The van der Waals surface area contributed by atoms with E-state index < -0.39 is 0 Å². The normalized spacial score (nSPS) is 13.4. The van der Waals surface area contributed by atoms with E-state index in [1.54, 1.807) is 0 Å². The van der Waals surface area contributed by atoms with Crippen molar-refractivity contribution in [3.8, 4) is 11.1 Å². The molecule has 1 aliphatic carbocycles. The van der Waals surface area contributed by atoms with Gasteiger partial charge in [-0.25, -0.2) is 0 Å². The van der Waals surface area contributed by atoms with Crippen LogP contribution in [-0.4, -0.2) is 5.71 Å². The van der Waals surface area contributed by atoms with Gasteiger partial charge in [-0.15, -0.1) is 0 Å². The second kappa shape index (κ2) is 12.4. The fraction of sp³-hybridized carbons (Fsp3) is 0.114. The maximum absolute atomic E-state index is 4.70. The Labute approximate surface area is 265 Å². The van der Waals surface area contributed by atoms with Crippen molar-refractivity contribution in [2.24, 2.45) is 4.99 Å². The average molecular weight is 580 g/mol. The number of aryl methyl sites for hydroxylation is 1. The number of benzene rings is 7. The maximum Gasteiger partial charge on any atom is 0.0619 e. The highest BCUT2D eigenvalue weighted by Gasteiger charge is 2.13. The Morgan fingerprint density at radius 1 is 0.556 bits per heavy atom. The lowest BCUT2D eigenvalue weighted by atomic mass is 9.88. The van der Waals surface area contributed by atoms with E-state index in [4.69, 9.17) is 4.99 Å². The van der Waals surface area contributed by atoms with Crippen molar-refractivity contribution in [3.63, 3.8) is 0 Å². The minimum atomic E-state index is 1.08. The van der Waals surface area contributed by atoms with E-state index in [0.717, 1.165) is 24.3 Å². The molecule has 0 spiro atoms. The first kappa shape index (κ1) is 28.5. The van der Waals surface area contributed by atoms with Gasteiger partial charge < -0.3 is 0 Å². The Balaban J connectivity index is 0.000000173. The molecule has 1 aliphatic rings. The number of hydrogen-bond donors (Lipinski definition) is 0. The molecule has 0 saturated heterocycles. The van der Waals surface area contributed by atoms with E-state index in [0.29, 0.717) is 0 Å². The molecule has 218 valence electrons. The van der Waals surface area contributed by atoms with Gasteiger partial charge >= 0.3 is 0 Å². The highest BCUT2D eigenvalue weighted by Crippen LogP contribution is 2.40. The Bertz CT molecular complexity index is 2280. The molecule has 1 heteroatoms. The van der Waals surface area contributed by atoms with Crippen LogP contribution in [0.1, 0.15) is 37.8 Å². The topological polar surface area (TPSA) is 12.4 Å². The van der Waals surface area contributed by atoms with Crippen molar-refractivity contribution in [3.05, 3.63) is 168 Å². The molecule has 0 fully saturated rings. The molecule has 7 aromatic rings. The largest absolute Gasteiger partial charge is 0.253 e. The molecule has 0 amide bonds. The van der Waals surface area contributed by atoms with Crippen LogP contribution >= 0.6 is 0 Å². The smallest absolute Gasteiger partial charge is 0.0619 e. The fourth-order valence-electron chi connectivity index (χ4n) is 6.61. The molecule has 45 heavy (non-hydrogen) atoms. The molecule has 0 atom stereocenters. The SMILES string of the molecule is CC(=NC1=C(C)CCC=C1)c1ccccc1.Cc1ccc(-c2cc3ccc4ccccc4c3c3ccccc23)c2ccccc12. The molecular weight excluding hydrogens is 542 g/mol. The zero-order valence-corrected chi connectivity index (χ0v) is 26.2. The molecule has 8 rings (SSSR count). The number of nitrogens with zero attached hydrogens (tertiary/aromatic N) is 1. The summed E-state index contributed by atoms with van der Waals surface area (Å²) < 4.78 is 0. The predicted molar refractivity (Wildman–Crippen MR) is 196 cm³/mol. The van der Waals surface area contributed by atoms with Gasteiger partial charge in [0.1, 0.15) is 0 Å². The van der Waals surface area contributed by atoms with E-state index in [1.165, 1.54) is 70.9 Å². The molecule has 7 aromatic carbocycles. The van der Waals surface area contributed by atoms with Gasteiger partial charge in [-0.1, -0.05) is 133 Å². The van der Waals surface area contributed by atoms with E-state index in [-0.39, 0.29) is 0 Å². The highest BCUT2D eigenvalue weighted by molar-refractivity contribution is 6.24. The Kier molecular flexibility index (Phi) is 7.84. The summed E-state index contributed by atoms with van der Waals surface area (Å²) in [4.78, 5) is 4.70. The van der Waals surface area contributed by atoms with Crippen LogP contribution in [0.2, 0.25) is 0 Å². The molecule has 0 N–H and O–H groups in total. The number of rotatable bonds is 3. The van der Waals surface area contributed by atoms with Crippen LogP contribution in [0, 0.1) is 6.92 Å². The molecule has 0 unspecified atom stereocenters. The fourth-order valence-corrected chi connectivity index (χ4v) is 6.61. The summed E-state index contributed by atoms with van der Waals surface area (Å²) in [7, 11) is 0. The molecule has 0 aliphatic heterocycles. The van der Waals surface area contributed by atoms with Crippen LogP contribution in [0.5, 0.6) is 0 Å². The van der Waals surface area contributed by atoms with Gasteiger partial charge in [0.15, 0.2) is 0 Å². The van der Waals surface area contributed by atoms with E-state index in [2.05, 4.69) is 148 Å². The molecule has 0 radical (unpaired) electrons. The van der Waals surface area contributed by atoms with Gasteiger partial charge in [-0.3, -0.25) is 4.99 Å². The molecular formula is C44H37N. The second-order valence-corrected chi connectivity index (χ2v) is 12.0. The number of fused-ring (bicyclic) bond motifs is 6. The van der Waals surface area contributed by atoms with Crippen LogP contribution in [0.4, 0.5) is 0 Å². The van der Waals surface area contributed by atoms with Crippen molar-refractivity contribution in [2.75, 3.05) is 0 Å². The summed E-state index contributed by atoms with van der Waals surface area (Å²) in [6, 6.07) is 48.0. The van der Waals surface area contributed by atoms with Gasteiger partial charge in [0.25, 0.3) is 0 Å². The van der Waals surface area contributed by atoms with Gasteiger partial charge in [0, 0.05) is 5.71 Å². The van der Waals surface area contributed by atoms with Crippen molar-refractivity contribution < 1.29 is 0 Å². The number of aliphatic imine (C=N–C) groups is 1. The minimum Gasteiger partial charge on any atom is -0.253 e. The lowest BCUT2D eigenvalue weighted by Crippen LogP contribution is -1.97. The standard InChI is InChI=1S/C29H20.C15H17N/c1-19-14-17-26(24-11-5-4-9-22(19)24)28-18-21-16-15-20-8-2-3-10-23(20)29(21)27-13-7-6-12-25(27)28;1-12-8-6-7-11-15(12)16-13(2)14-9-4-3-5-10-14/h2-18H,1H3;3-5,7,9-11H,6,8H2,1-2H3. The van der Waals surface area contributed by atoms with Gasteiger partial charge in [-0.2, -0.15) is 0 Å². The summed E-state index contributed by atoms with van der Waals surface area (Å²) >= 11 is 0. The summed E-state index contributed by atoms with van der Waals surface area (Å²) in [5.41, 5.74) is 8.73. The lowest BCUT2D eigenvalue weighted by Gasteiger charge is -2.15. The van der Waals surface area contributed by atoms with E-state index in [9.17, 15) is 0 Å². The summed E-state index contributed by atoms with van der Waals surface area (Å²) in [5, 5.41) is 10.5. The number of hydrogen-bond acceptors (Lipinski definition) is 1. The van der Waals surface area contributed by atoms with Crippen molar-refractivity contribution in [1.29, 1.82) is 0 Å². The van der Waals surface area contributed by atoms with Gasteiger partial charge in [0.05, 0.1) is 5.70 Å². The van der Waals surface area contributed by atoms with Crippen LogP contribution < -0.4 is 0 Å². The maximum atomic E-state index is 4.70. The predicted octanol–water partition coefficient (Wildman–Crippen LogP) is 12.4. The third-order valence-electron chi connectivity index (χ3n) is 9.06. The summed E-state index contributed by atoms with van der Waals surface area (Å²) in [5.74, 6) is 0. The van der Waals surface area contributed by atoms with Crippen LogP contribution in [0.15, 0.2) is 162 Å². The lowest BCUT2D eigenvalue weighted by molar-refractivity contribution is 0.933.